The van der Waals surface area contributed by atoms with Crippen molar-refractivity contribution in [2.45, 2.75) is 13.8 Å². The zero-order valence-corrected chi connectivity index (χ0v) is 15.0. The standard InChI is InChI=1S/C20H20N2O2S/c1-14(2)13-22-19(24)18(12-15-8-6-7-11-17(15)23)25-20(22)21-16-9-4-3-5-10-16/h3-12,14,23H,13H2,1-2H3/b18-12-,21-20?. The van der Waals surface area contributed by atoms with Gasteiger partial charge in [0.2, 0.25) is 0 Å². The second-order valence-electron chi connectivity index (χ2n) is 6.21. The number of phenols is 1. The molecule has 0 unspecified atom stereocenters. The van der Waals surface area contributed by atoms with Crippen molar-refractivity contribution in [2.24, 2.45) is 10.9 Å². The fourth-order valence-corrected chi connectivity index (χ4v) is 3.48. The molecule has 0 saturated carbocycles. The summed E-state index contributed by atoms with van der Waals surface area (Å²) < 4.78 is 0. The van der Waals surface area contributed by atoms with E-state index in [-0.39, 0.29) is 11.7 Å². The molecule has 1 aliphatic heterocycles. The number of carbonyl (C=O) groups excluding carboxylic acids is 1. The van der Waals surface area contributed by atoms with E-state index in [4.69, 9.17) is 0 Å². The quantitative estimate of drug-likeness (QED) is 0.815. The van der Waals surface area contributed by atoms with Crippen molar-refractivity contribution in [1.82, 2.24) is 4.90 Å². The molecule has 2 aromatic rings. The number of carbonyl (C=O) groups is 1. The smallest absolute Gasteiger partial charge is 0.266 e. The minimum atomic E-state index is -0.0726. The number of thioether (sulfide) groups is 1. The highest BCUT2D eigenvalue weighted by molar-refractivity contribution is 8.18. The van der Waals surface area contributed by atoms with Gasteiger partial charge in [-0.1, -0.05) is 50.2 Å². The molecule has 25 heavy (non-hydrogen) atoms. The molecule has 3 rings (SSSR count). The molecular weight excluding hydrogens is 332 g/mol. The van der Waals surface area contributed by atoms with E-state index in [1.807, 2.05) is 36.4 Å². The Morgan fingerprint density at radius 3 is 2.48 bits per heavy atom. The van der Waals surface area contributed by atoms with Crippen LogP contribution in [0.1, 0.15) is 19.4 Å². The molecule has 5 heteroatoms. The van der Waals surface area contributed by atoms with E-state index in [9.17, 15) is 9.90 Å². The molecule has 1 aliphatic rings. The van der Waals surface area contributed by atoms with Gasteiger partial charge in [0.05, 0.1) is 10.6 Å². The number of amidine groups is 1. The lowest BCUT2D eigenvalue weighted by Gasteiger charge is -2.17. The van der Waals surface area contributed by atoms with Gasteiger partial charge in [0, 0.05) is 12.1 Å². The van der Waals surface area contributed by atoms with Crippen molar-refractivity contribution in [3.8, 4) is 5.75 Å². The summed E-state index contributed by atoms with van der Waals surface area (Å²) in [6.45, 7) is 4.75. The van der Waals surface area contributed by atoms with E-state index in [1.165, 1.54) is 11.8 Å². The molecular formula is C20H20N2O2S. The van der Waals surface area contributed by atoms with Crippen LogP contribution < -0.4 is 0 Å². The Morgan fingerprint density at radius 2 is 1.80 bits per heavy atom. The topological polar surface area (TPSA) is 52.9 Å². The number of aliphatic imine (C=N–C) groups is 1. The molecule has 1 fully saturated rings. The molecule has 128 valence electrons. The first kappa shape index (κ1) is 17.3. The average Bonchev–Trinajstić information content (AvgIpc) is 2.86. The van der Waals surface area contributed by atoms with E-state index < -0.39 is 0 Å². The zero-order chi connectivity index (χ0) is 17.8. The van der Waals surface area contributed by atoms with Gasteiger partial charge >= 0.3 is 0 Å². The van der Waals surface area contributed by atoms with Crippen LogP contribution in [0.5, 0.6) is 5.75 Å². The molecule has 0 spiro atoms. The van der Waals surface area contributed by atoms with Crippen LogP contribution >= 0.6 is 11.8 Å². The van der Waals surface area contributed by atoms with Crippen molar-refractivity contribution in [1.29, 1.82) is 0 Å². The van der Waals surface area contributed by atoms with Crippen molar-refractivity contribution in [2.75, 3.05) is 6.54 Å². The predicted octanol–water partition coefficient (Wildman–Crippen LogP) is 4.65. The minimum Gasteiger partial charge on any atom is -0.507 e. The Morgan fingerprint density at radius 1 is 1.12 bits per heavy atom. The number of hydrogen-bond donors (Lipinski definition) is 1. The van der Waals surface area contributed by atoms with Gasteiger partial charge in [0.1, 0.15) is 5.75 Å². The summed E-state index contributed by atoms with van der Waals surface area (Å²) in [6, 6.07) is 16.6. The van der Waals surface area contributed by atoms with Crippen molar-refractivity contribution < 1.29 is 9.90 Å². The van der Waals surface area contributed by atoms with Gasteiger partial charge < -0.3 is 5.11 Å². The van der Waals surface area contributed by atoms with Crippen LogP contribution in [0.4, 0.5) is 5.69 Å². The maximum absolute atomic E-state index is 12.8. The molecule has 1 amide bonds. The first-order valence-corrected chi connectivity index (χ1v) is 8.99. The lowest BCUT2D eigenvalue weighted by molar-refractivity contribution is -0.122. The highest BCUT2D eigenvalue weighted by Crippen LogP contribution is 2.35. The van der Waals surface area contributed by atoms with E-state index in [0.717, 1.165) is 5.69 Å². The molecule has 1 heterocycles. The van der Waals surface area contributed by atoms with Crippen LogP contribution in [-0.4, -0.2) is 27.6 Å². The number of rotatable bonds is 4. The Labute approximate surface area is 151 Å². The summed E-state index contributed by atoms with van der Waals surface area (Å²) in [5, 5.41) is 10.6. The Hall–Kier alpha value is -2.53. The first-order valence-electron chi connectivity index (χ1n) is 8.17. The number of aromatic hydroxyl groups is 1. The monoisotopic (exact) mass is 352 g/mol. The third-order valence-corrected chi connectivity index (χ3v) is 4.65. The molecule has 0 aliphatic carbocycles. The van der Waals surface area contributed by atoms with Gasteiger partial charge in [-0.15, -0.1) is 0 Å². The highest BCUT2D eigenvalue weighted by Gasteiger charge is 2.33. The lowest BCUT2D eigenvalue weighted by atomic mass is 10.1. The number of phenolic OH excluding ortho intramolecular Hbond substituents is 1. The van der Waals surface area contributed by atoms with Gasteiger partial charge in [-0.25, -0.2) is 4.99 Å². The number of amides is 1. The molecule has 4 nitrogen and oxygen atoms in total. The Bertz CT molecular complexity index is 829. The summed E-state index contributed by atoms with van der Waals surface area (Å²) in [5.41, 5.74) is 1.44. The molecule has 2 aromatic carbocycles. The zero-order valence-electron chi connectivity index (χ0n) is 14.2. The fourth-order valence-electron chi connectivity index (χ4n) is 2.48. The van der Waals surface area contributed by atoms with Crippen LogP contribution in [0.2, 0.25) is 0 Å². The summed E-state index contributed by atoms with van der Waals surface area (Å²) in [7, 11) is 0. The number of nitrogens with zero attached hydrogens (tertiary/aromatic N) is 2. The van der Waals surface area contributed by atoms with Crippen molar-refractivity contribution >= 4 is 34.6 Å². The SMILES string of the molecule is CC(C)CN1C(=O)/C(=C/c2ccccc2O)SC1=Nc1ccccc1. The van der Waals surface area contributed by atoms with Crippen LogP contribution in [-0.2, 0) is 4.79 Å². The summed E-state index contributed by atoms with van der Waals surface area (Å²) in [6.07, 6.45) is 1.73. The summed E-state index contributed by atoms with van der Waals surface area (Å²) >= 11 is 1.34. The summed E-state index contributed by atoms with van der Waals surface area (Å²) in [4.78, 5) is 19.8. The minimum absolute atomic E-state index is 0.0726. The second kappa shape index (κ2) is 7.57. The van der Waals surface area contributed by atoms with Gasteiger partial charge in [-0.2, -0.15) is 0 Å². The van der Waals surface area contributed by atoms with Gasteiger partial charge in [0.25, 0.3) is 5.91 Å². The normalized spacial score (nSPS) is 17.9. The largest absolute Gasteiger partial charge is 0.507 e. The second-order valence-corrected chi connectivity index (χ2v) is 7.22. The maximum atomic E-state index is 12.8. The van der Waals surface area contributed by atoms with E-state index in [0.29, 0.717) is 28.1 Å². The molecule has 0 atom stereocenters. The molecule has 0 aromatic heterocycles. The number of para-hydroxylation sites is 2. The van der Waals surface area contributed by atoms with Gasteiger partial charge in [-0.05, 0) is 42.0 Å². The van der Waals surface area contributed by atoms with Crippen LogP contribution in [0.3, 0.4) is 0 Å². The Balaban J connectivity index is 1.97. The third kappa shape index (κ3) is 4.12. The highest BCUT2D eigenvalue weighted by atomic mass is 32.2. The molecule has 1 saturated heterocycles. The molecule has 0 bridgehead atoms. The van der Waals surface area contributed by atoms with E-state index >= 15 is 0 Å². The van der Waals surface area contributed by atoms with Gasteiger partial charge in [-0.3, -0.25) is 9.69 Å². The van der Waals surface area contributed by atoms with Crippen LogP contribution in [0.15, 0.2) is 64.5 Å². The van der Waals surface area contributed by atoms with E-state index in [1.54, 1.807) is 29.2 Å². The average molecular weight is 352 g/mol. The number of hydrogen-bond acceptors (Lipinski definition) is 4. The van der Waals surface area contributed by atoms with Gasteiger partial charge in [0.15, 0.2) is 5.17 Å². The van der Waals surface area contributed by atoms with Crippen molar-refractivity contribution in [3.05, 3.63) is 65.1 Å². The predicted molar refractivity (Wildman–Crippen MR) is 104 cm³/mol. The first-order chi connectivity index (χ1) is 12.0. The van der Waals surface area contributed by atoms with Crippen LogP contribution in [0, 0.1) is 5.92 Å². The number of benzene rings is 2. The maximum Gasteiger partial charge on any atom is 0.266 e. The fraction of sp³-hybridized carbons (Fsp3) is 0.200. The van der Waals surface area contributed by atoms with Crippen molar-refractivity contribution in [3.63, 3.8) is 0 Å². The van der Waals surface area contributed by atoms with Crippen LogP contribution in [0.25, 0.3) is 6.08 Å². The lowest BCUT2D eigenvalue weighted by Crippen LogP contribution is -2.32. The van der Waals surface area contributed by atoms with E-state index in [2.05, 4.69) is 18.8 Å². The summed E-state index contributed by atoms with van der Waals surface area (Å²) in [5.74, 6) is 0.416. The molecule has 0 radical (unpaired) electrons. The molecule has 1 N–H and O–H groups in total. The Kier molecular flexibility index (Phi) is 5.24. The third-order valence-electron chi connectivity index (χ3n) is 3.64.